The molecule has 1 aromatic rings. The third-order valence-corrected chi connectivity index (χ3v) is 3.61. The van der Waals surface area contributed by atoms with E-state index in [0.29, 0.717) is 6.54 Å². The van der Waals surface area contributed by atoms with Crippen molar-refractivity contribution in [3.8, 4) is 0 Å². The van der Waals surface area contributed by atoms with E-state index in [1.54, 1.807) is 0 Å². The second-order valence-electron chi connectivity index (χ2n) is 5.48. The van der Waals surface area contributed by atoms with E-state index in [2.05, 4.69) is 26.1 Å². The number of nitrogens with two attached hydrogens (primary N) is 1. The molecular weight excluding hydrogens is 256 g/mol. The second-order valence-corrected chi connectivity index (χ2v) is 5.95. The first-order chi connectivity index (χ1) is 8.87. The van der Waals surface area contributed by atoms with E-state index in [4.69, 9.17) is 18.0 Å². The molecule has 1 aromatic carbocycles. The number of nitrogens with one attached hydrogen (secondary N) is 1. The lowest BCUT2D eigenvalue weighted by Gasteiger charge is -2.24. The molecule has 0 aliphatic rings. The van der Waals surface area contributed by atoms with Crippen LogP contribution in [0.25, 0.3) is 0 Å². The number of carbonyl (C=O) groups excluding carboxylic acids is 1. The van der Waals surface area contributed by atoms with E-state index in [1.807, 2.05) is 30.3 Å². The van der Waals surface area contributed by atoms with Gasteiger partial charge in [-0.05, 0) is 17.4 Å². The fourth-order valence-electron chi connectivity index (χ4n) is 1.64. The highest BCUT2D eigenvalue weighted by atomic mass is 32.1. The molecule has 0 spiro atoms. The van der Waals surface area contributed by atoms with Crippen LogP contribution in [0.5, 0.6) is 0 Å². The van der Waals surface area contributed by atoms with Gasteiger partial charge in [0.25, 0.3) is 0 Å². The van der Waals surface area contributed by atoms with Crippen molar-refractivity contribution in [2.75, 3.05) is 6.54 Å². The molecule has 1 amide bonds. The molecule has 0 bridgehead atoms. The Bertz CT molecular complexity index is 443. The Labute approximate surface area is 120 Å². The summed E-state index contributed by atoms with van der Waals surface area (Å²) in [4.78, 5) is 12.5. The Hall–Kier alpha value is -1.42. The third kappa shape index (κ3) is 4.63. The predicted molar refractivity (Wildman–Crippen MR) is 83.1 cm³/mol. The zero-order chi connectivity index (χ0) is 14.5. The predicted octanol–water partition coefficient (Wildman–Crippen LogP) is 2.61. The molecule has 1 unspecified atom stereocenters. The van der Waals surface area contributed by atoms with Gasteiger partial charge in [-0.2, -0.15) is 0 Å². The van der Waals surface area contributed by atoms with Gasteiger partial charge in [0.2, 0.25) is 5.91 Å². The fourth-order valence-corrected chi connectivity index (χ4v) is 1.89. The summed E-state index contributed by atoms with van der Waals surface area (Å²) in [7, 11) is 0. The van der Waals surface area contributed by atoms with E-state index in [9.17, 15) is 4.79 Å². The summed E-state index contributed by atoms with van der Waals surface area (Å²) in [5, 5.41) is 2.95. The lowest BCUT2D eigenvalue weighted by Crippen LogP contribution is -2.40. The average Bonchev–Trinajstić information content (AvgIpc) is 2.37. The van der Waals surface area contributed by atoms with E-state index in [0.717, 1.165) is 12.0 Å². The maximum absolute atomic E-state index is 12.3. The average molecular weight is 278 g/mol. The molecule has 0 saturated heterocycles. The van der Waals surface area contributed by atoms with Crippen LogP contribution in [-0.4, -0.2) is 17.4 Å². The van der Waals surface area contributed by atoms with Gasteiger partial charge in [-0.3, -0.25) is 4.79 Å². The van der Waals surface area contributed by atoms with Gasteiger partial charge in [0.05, 0.1) is 4.99 Å². The van der Waals surface area contributed by atoms with Crippen molar-refractivity contribution in [2.24, 2.45) is 11.1 Å². The molecular formula is C15H22N2OS. The van der Waals surface area contributed by atoms with Crippen molar-refractivity contribution >= 4 is 23.1 Å². The Morgan fingerprint density at radius 2 is 1.95 bits per heavy atom. The molecule has 0 radical (unpaired) electrons. The molecule has 4 heteroatoms. The zero-order valence-corrected chi connectivity index (χ0v) is 12.6. The van der Waals surface area contributed by atoms with Crippen molar-refractivity contribution in [1.82, 2.24) is 5.32 Å². The van der Waals surface area contributed by atoms with Crippen LogP contribution in [0, 0.1) is 5.41 Å². The van der Waals surface area contributed by atoms with Crippen LogP contribution >= 0.6 is 12.2 Å². The van der Waals surface area contributed by atoms with Gasteiger partial charge in [-0.25, -0.2) is 0 Å². The second kappa shape index (κ2) is 6.66. The van der Waals surface area contributed by atoms with Crippen LogP contribution < -0.4 is 11.1 Å². The molecule has 3 nitrogen and oxygen atoms in total. The van der Waals surface area contributed by atoms with Gasteiger partial charge >= 0.3 is 0 Å². The third-order valence-electron chi connectivity index (χ3n) is 3.38. The maximum atomic E-state index is 12.3. The number of benzene rings is 1. The highest BCUT2D eigenvalue weighted by Gasteiger charge is 2.25. The normalized spacial score (nSPS) is 12.8. The topological polar surface area (TPSA) is 55.1 Å². The van der Waals surface area contributed by atoms with Crippen molar-refractivity contribution in [3.05, 3.63) is 35.9 Å². The maximum Gasteiger partial charge on any atom is 0.234 e. The minimum absolute atomic E-state index is 0.0765. The summed E-state index contributed by atoms with van der Waals surface area (Å²) >= 11 is 5.03. The van der Waals surface area contributed by atoms with Crippen molar-refractivity contribution in [1.29, 1.82) is 0 Å². The highest BCUT2D eigenvalue weighted by molar-refractivity contribution is 7.80. The summed E-state index contributed by atoms with van der Waals surface area (Å²) in [6.45, 7) is 6.96. The first kappa shape index (κ1) is 15.6. The Morgan fingerprint density at radius 1 is 1.37 bits per heavy atom. The minimum Gasteiger partial charge on any atom is -0.392 e. The summed E-state index contributed by atoms with van der Waals surface area (Å²) in [5.41, 5.74) is 6.62. The Morgan fingerprint density at radius 3 is 2.42 bits per heavy atom. The summed E-state index contributed by atoms with van der Waals surface area (Å²) in [5.74, 6) is -0.677. The Kier molecular flexibility index (Phi) is 5.48. The van der Waals surface area contributed by atoms with Crippen molar-refractivity contribution in [2.45, 2.75) is 33.1 Å². The molecule has 0 heterocycles. The SMILES string of the molecule is CCC(C)(C)CNC(=O)C(C(N)=S)c1ccccc1. The van der Waals surface area contributed by atoms with E-state index in [1.165, 1.54) is 0 Å². The van der Waals surface area contributed by atoms with Gasteiger partial charge in [-0.1, -0.05) is 63.3 Å². The number of amides is 1. The van der Waals surface area contributed by atoms with Crippen LogP contribution in [-0.2, 0) is 4.79 Å². The largest absolute Gasteiger partial charge is 0.392 e. The van der Waals surface area contributed by atoms with Crippen molar-refractivity contribution in [3.63, 3.8) is 0 Å². The van der Waals surface area contributed by atoms with Crippen LogP contribution in [0.1, 0.15) is 38.7 Å². The standard InChI is InChI=1S/C15H22N2OS/c1-4-15(2,3)10-17-14(18)12(13(16)19)11-8-6-5-7-9-11/h5-9,12H,4,10H2,1-3H3,(H2,16,19)(H,17,18). The van der Waals surface area contributed by atoms with Crippen LogP contribution in [0.2, 0.25) is 0 Å². The summed E-state index contributed by atoms with van der Waals surface area (Å²) < 4.78 is 0. The molecule has 0 saturated carbocycles. The Balaban J connectivity index is 2.79. The van der Waals surface area contributed by atoms with Gasteiger partial charge in [-0.15, -0.1) is 0 Å². The molecule has 1 rings (SSSR count). The molecule has 0 fully saturated rings. The number of carbonyl (C=O) groups is 1. The van der Waals surface area contributed by atoms with Gasteiger partial charge in [0.1, 0.15) is 5.92 Å². The monoisotopic (exact) mass is 278 g/mol. The van der Waals surface area contributed by atoms with Gasteiger partial charge in [0.15, 0.2) is 0 Å². The number of thiocarbonyl (C=S) groups is 1. The number of hydrogen-bond acceptors (Lipinski definition) is 2. The smallest absolute Gasteiger partial charge is 0.234 e. The first-order valence-corrected chi connectivity index (χ1v) is 6.90. The summed E-state index contributed by atoms with van der Waals surface area (Å²) in [6.07, 6.45) is 0.996. The van der Waals surface area contributed by atoms with Crippen molar-refractivity contribution < 1.29 is 4.79 Å². The molecule has 0 aliphatic carbocycles. The van der Waals surface area contributed by atoms with Gasteiger partial charge in [0, 0.05) is 6.54 Å². The van der Waals surface area contributed by atoms with Crippen LogP contribution in [0.4, 0.5) is 0 Å². The van der Waals surface area contributed by atoms with Crippen LogP contribution in [0.3, 0.4) is 0 Å². The van der Waals surface area contributed by atoms with Crippen LogP contribution in [0.15, 0.2) is 30.3 Å². The molecule has 1 atom stereocenters. The first-order valence-electron chi connectivity index (χ1n) is 6.49. The van der Waals surface area contributed by atoms with E-state index in [-0.39, 0.29) is 16.3 Å². The highest BCUT2D eigenvalue weighted by Crippen LogP contribution is 2.20. The fraction of sp³-hybridized carbons (Fsp3) is 0.467. The lowest BCUT2D eigenvalue weighted by molar-refractivity contribution is -0.121. The zero-order valence-electron chi connectivity index (χ0n) is 11.8. The van der Waals surface area contributed by atoms with Gasteiger partial charge < -0.3 is 11.1 Å². The van der Waals surface area contributed by atoms with E-state index >= 15 is 0 Å². The molecule has 0 aliphatic heterocycles. The number of rotatable bonds is 6. The summed E-state index contributed by atoms with van der Waals surface area (Å²) in [6, 6.07) is 9.40. The van der Waals surface area contributed by atoms with E-state index < -0.39 is 5.92 Å². The molecule has 0 aromatic heterocycles. The quantitative estimate of drug-likeness (QED) is 0.786. The minimum atomic E-state index is -0.552. The molecule has 3 N–H and O–H groups in total. The number of hydrogen-bond donors (Lipinski definition) is 2. The lowest BCUT2D eigenvalue weighted by atomic mass is 9.90. The molecule has 104 valence electrons. The molecule has 19 heavy (non-hydrogen) atoms.